The van der Waals surface area contributed by atoms with Crippen molar-refractivity contribution in [2.75, 3.05) is 24.7 Å². The molecule has 0 atom stereocenters. The summed E-state index contributed by atoms with van der Waals surface area (Å²) in [6, 6.07) is 0. The van der Waals surface area contributed by atoms with Gasteiger partial charge in [-0.1, -0.05) is 0 Å². The SMILES string of the molecule is CNCc1cnc(N(C)S(C)(=O)=O)[nH]1. The van der Waals surface area contributed by atoms with E-state index in [9.17, 15) is 8.42 Å². The molecule has 1 heterocycles. The van der Waals surface area contributed by atoms with Gasteiger partial charge in [-0.25, -0.2) is 17.7 Å². The molecule has 0 aliphatic rings. The molecule has 0 amide bonds. The van der Waals surface area contributed by atoms with E-state index in [1.807, 2.05) is 0 Å². The Bertz CT molecular complexity index is 398. The molecule has 2 N–H and O–H groups in total. The van der Waals surface area contributed by atoms with E-state index < -0.39 is 10.0 Å². The quantitative estimate of drug-likeness (QED) is 0.716. The van der Waals surface area contributed by atoms with Crippen molar-refractivity contribution in [3.63, 3.8) is 0 Å². The number of nitrogens with one attached hydrogen (secondary N) is 2. The van der Waals surface area contributed by atoms with Crippen molar-refractivity contribution in [1.29, 1.82) is 0 Å². The number of rotatable bonds is 4. The van der Waals surface area contributed by atoms with Crippen LogP contribution in [0.3, 0.4) is 0 Å². The maximum atomic E-state index is 11.1. The molecule has 1 aromatic heterocycles. The van der Waals surface area contributed by atoms with Gasteiger partial charge in [0.25, 0.3) is 0 Å². The van der Waals surface area contributed by atoms with Gasteiger partial charge in [-0.2, -0.15) is 0 Å². The van der Waals surface area contributed by atoms with E-state index in [1.54, 1.807) is 13.2 Å². The van der Waals surface area contributed by atoms with Crippen LogP contribution in [0.1, 0.15) is 5.69 Å². The molecule has 0 aliphatic heterocycles. The van der Waals surface area contributed by atoms with E-state index in [0.717, 1.165) is 16.3 Å². The number of nitrogens with zero attached hydrogens (tertiary/aromatic N) is 2. The predicted molar refractivity (Wildman–Crippen MR) is 54.6 cm³/mol. The molecule has 0 radical (unpaired) electrons. The van der Waals surface area contributed by atoms with E-state index in [1.165, 1.54) is 7.05 Å². The summed E-state index contributed by atoms with van der Waals surface area (Å²) >= 11 is 0. The lowest BCUT2D eigenvalue weighted by atomic mass is 10.5. The Labute approximate surface area is 83.4 Å². The predicted octanol–water partition coefficient (Wildman–Crippen LogP) is -0.475. The Kier molecular flexibility index (Phi) is 3.12. The Hall–Kier alpha value is -1.08. The number of hydrogen-bond donors (Lipinski definition) is 2. The fourth-order valence-electron chi connectivity index (χ4n) is 0.945. The molecule has 0 aromatic carbocycles. The van der Waals surface area contributed by atoms with Gasteiger partial charge in [0, 0.05) is 13.6 Å². The lowest BCUT2D eigenvalue weighted by Crippen LogP contribution is -2.25. The first-order valence-electron chi connectivity index (χ1n) is 4.07. The lowest BCUT2D eigenvalue weighted by Gasteiger charge is -2.12. The van der Waals surface area contributed by atoms with Crippen molar-refractivity contribution in [1.82, 2.24) is 15.3 Å². The summed E-state index contributed by atoms with van der Waals surface area (Å²) in [5.74, 6) is 0.331. The number of aromatic amines is 1. The molecule has 1 rings (SSSR count). The van der Waals surface area contributed by atoms with E-state index in [-0.39, 0.29) is 0 Å². The molecule has 0 saturated heterocycles. The molecule has 0 saturated carbocycles. The summed E-state index contributed by atoms with van der Waals surface area (Å²) in [5, 5.41) is 2.94. The number of H-pyrrole nitrogens is 1. The Morgan fingerprint density at radius 1 is 1.64 bits per heavy atom. The second-order valence-electron chi connectivity index (χ2n) is 2.99. The first kappa shape index (κ1) is 11.0. The highest BCUT2D eigenvalue weighted by atomic mass is 32.2. The number of sulfonamides is 1. The summed E-state index contributed by atoms with van der Waals surface area (Å²) in [7, 11) is 0.0237. The molecular formula is C7H14N4O2S. The van der Waals surface area contributed by atoms with Crippen molar-refractivity contribution in [2.45, 2.75) is 6.54 Å². The summed E-state index contributed by atoms with van der Waals surface area (Å²) in [6.45, 7) is 0.630. The fraction of sp³-hybridized carbons (Fsp3) is 0.571. The topological polar surface area (TPSA) is 78.1 Å². The molecule has 0 fully saturated rings. The van der Waals surface area contributed by atoms with Gasteiger partial charge < -0.3 is 10.3 Å². The van der Waals surface area contributed by atoms with Crippen LogP contribution in [-0.2, 0) is 16.6 Å². The van der Waals surface area contributed by atoms with E-state index in [2.05, 4.69) is 15.3 Å². The van der Waals surface area contributed by atoms with E-state index in [4.69, 9.17) is 0 Å². The molecular weight excluding hydrogens is 204 g/mol. The van der Waals surface area contributed by atoms with Gasteiger partial charge in [-0.15, -0.1) is 0 Å². The third-order valence-corrected chi connectivity index (χ3v) is 2.95. The second kappa shape index (κ2) is 3.97. The van der Waals surface area contributed by atoms with Gasteiger partial charge in [0.1, 0.15) is 0 Å². The van der Waals surface area contributed by atoms with Crippen LogP contribution in [0.2, 0.25) is 0 Å². The minimum absolute atomic E-state index is 0.331. The second-order valence-corrected chi connectivity index (χ2v) is 5.01. The summed E-state index contributed by atoms with van der Waals surface area (Å²) in [5.41, 5.74) is 0.845. The summed E-state index contributed by atoms with van der Waals surface area (Å²) in [4.78, 5) is 6.85. The van der Waals surface area contributed by atoms with Gasteiger partial charge in [0.15, 0.2) is 0 Å². The molecule has 80 valence electrons. The Morgan fingerprint density at radius 3 is 2.79 bits per heavy atom. The van der Waals surface area contributed by atoms with Crippen LogP contribution in [0.25, 0.3) is 0 Å². The van der Waals surface area contributed by atoms with Crippen molar-refractivity contribution in [3.8, 4) is 0 Å². The van der Waals surface area contributed by atoms with Crippen molar-refractivity contribution in [2.24, 2.45) is 0 Å². The third-order valence-electron chi connectivity index (χ3n) is 1.78. The maximum Gasteiger partial charge on any atom is 0.234 e. The van der Waals surface area contributed by atoms with Gasteiger partial charge >= 0.3 is 0 Å². The highest BCUT2D eigenvalue weighted by molar-refractivity contribution is 7.92. The van der Waals surface area contributed by atoms with Gasteiger partial charge in [-0.05, 0) is 7.05 Å². The largest absolute Gasteiger partial charge is 0.326 e. The van der Waals surface area contributed by atoms with Crippen LogP contribution in [0.5, 0.6) is 0 Å². The van der Waals surface area contributed by atoms with Crippen LogP contribution in [-0.4, -0.2) is 38.7 Å². The van der Waals surface area contributed by atoms with Crippen molar-refractivity contribution >= 4 is 16.0 Å². The molecule has 14 heavy (non-hydrogen) atoms. The molecule has 7 heteroatoms. The fourth-order valence-corrected chi connectivity index (χ4v) is 1.35. The average molecular weight is 218 g/mol. The average Bonchev–Trinajstić information content (AvgIpc) is 2.50. The molecule has 0 aliphatic carbocycles. The normalized spacial score (nSPS) is 11.6. The number of aromatic nitrogens is 2. The van der Waals surface area contributed by atoms with Crippen molar-refractivity contribution < 1.29 is 8.42 Å². The zero-order valence-electron chi connectivity index (χ0n) is 8.40. The minimum atomic E-state index is -3.24. The number of imidazole rings is 1. The lowest BCUT2D eigenvalue weighted by molar-refractivity contribution is 0.599. The highest BCUT2D eigenvalue weighted by Crippen LogP contribution is 2.09. The van der Waals surface area contributed by atoms with Crippen LogP contribution >= 0.6 is 0 Å². The zero-order chi connectivity index (χ0) is 10.8. The Balaban J connectivity index is 2.87. The Morgan fingerprint density at radius 2 is 2.29 bits per heavy atom. The van der Waals surface area contributed by atoms with Gasteiger partial charge in [0.2, 0.25) is 16.0 Å². The number of anilines is 1. The molecule has 0 bridgehead atoms. The van der Waals surface area contributed by atoms with Crippen molar-refractivity contribution in [3.05, 3.63) is 11.9 Å². The standard InChI is InChI=1S/C7H14N4O2S/c1-8-4-6-5-9-7(10-6)11(2)14(3,12)13/h5,8H,4H2,1-3H3,(H,9,10). The summed E-state index contributed by atoms with van der Waals surface area (Å²) in [6.07, 6.45) is 2.74. The van der Waals surface area contributed by atoms with Crippen LogP contribution < -0.4 is 9.62 Å². The molecule has 0 unspecified atom stereocenters. The first-order chi connectivity index (χ1) is 6.45. The molecule has 0 spiro atoms. The summed E-state index contributed by atoms with van der Waals surface area (Å²) < 4.78 is 23.4. The van der Waals surface area contributed by atoms with E-state index >= 15 is 0 Å². The molecule has 6 nitrogen and oxygen atoms in total. The van der Waals surface area contributed by atoms with Gasteiger partial charge in [-0.3, -0.25) is 0 Å². The van der Waals surface area contributed by atoms with Crippen LogP contribution in [0, 0.1) is 0 Å². The highest BCUT2D eigenvalue weighted by Gasteiger charge is 2.14. The van der Waals surface area contributed by atoms with Crippen LogP contribution in [0.4, 0.5) is 5.95 Å². The minimum Gasteiger partial charge on any atom is -0.326 e. The maximum absolute atomic E-state index is 11.1. The number of hydrogen-bond acceptors (Lipinski definition) is 4. The zero-order valence-corrected chi connectivity index (χ0v) is 9.22. The van der Waals surface area contributed by atoms with Crippen LogP contribution in [0.15, 0.2) is 6.20 Å². The van der Waals surface area contributed by atoms with E-state index in [0.29, 0.717) is 12.5 Å². The smallest absolute Gasteiger partial charge is 0.234 e. The van der Waals surface area contributed by atoms with Gasteiger partial charge in [0.05, 0.1) is 18.1 Å². The molecule has 1 aromatic rings. The first-order valence-corrected chi connectivity index (χ1v) is 5.92. The third kappa shape index (κ3) is 2.46. The monoisotopic (exact) mass is 218 g/mol.